The average molecular weight is 249 g/mol. The second-order valence-corrected chi connectivity index (χ2v) is 11.1. The molecule has 0 saturated heterocycles. The lowest BCUT2D eigenvalue weighted by atomic mass is 10.0. The maximum absolute atomic E-state index is 11.7. The first kappa shape index (κ1) is 14.0. The Labute approximate surface area is 105 Å². The predicted molar refractivity (Wildman–Crippen MR) is 75.9 cm³/mol. The average Bonchev–Trinajstić information content (AvgIpc) is 2.25. The van der Waals surface area contributed by atoms with Crippen LogP contribution in [0.2, 0.25) is 19.6 Å². The number of hydrogen-bond donors (Lipinski definition) is 1. The SMILES string of the molecule is CNC(=O)C[C@H](c1ccccc1C)[Si](C)(C)C. The van der Waals surface area contributed by atoms with Gasteiger partial charge < -0.3 is 5.32 Å². The smallest absolute Gasteiger partial charge is 0.220 e. The minimum absolute atomic E-state index is 0.140. The van der Waals surface area contributed by atoms with Gasteiger partial charge >= 0.3 is 0 Å². The summed E-state index contributed by atoms with van der Waals surface area (Å²) >= 11 is 0. The van der Waals surface area contributed by atoms with Gasteiger partial charge in [-0.1, -0.05) is 43.9 Å². The Morgan fingerprint density at radius 1 is 1.29 bits per heavy atom. The summed E-state index contributed by atoms with van der Waals surface area (Å²) in [6, 6.07) is 8.42. The third kappa shape index (κ3) is 3.70. The second kappa shape index (κ2) is 5.49. The van der Waals surface area contributed by atoms with Crippen molar-refractivity contribution in [3.05, 3.63) is 35.4 Å². The summed E-state index contributed by atoms with van der Waals surface area (Å²) in [6.07, 6.45) is 0.608. The van der Waals surface area contributed by atoms with E-state index in [4.69, 9.17) is 0 Å². The van der Waals surface area contributed by atoms with E-state index in [0.717, 1.165) is 0 Å². The second-order valence-electron chi connectivity index (χ2n) is 5.65. The maximum Gasteiger partial charge on any atom is 0.220 e. The van der Waals surface area contributed by atoms with Crippen LogP contribution in [0, 0.1) is 6.92 Å². The Kier molecular flexibility index (Phi) is 4.51. The van der Waals surface area contributed by atoms with Gasteiger partial charge in [0.1, 0.15) is 0 Å². The summed E-state index contributed by atoms with van der Waals surface area (Å²) in [5, 5.41) is 2.74. The molecule has 17 heavy (non-hydrogen) atoms. The van der Waals surface area contributed by atoms with Gasteiger partial charge in [0.05, 0.1) is 8.07 Å². The molecular formula is C14H23NOSi. The molecule has 1 aromatic rings. The number of aryl methyl sites for hydroxylation is 1. The summed E-state index contributed by atoms with van der Waals surface area (Å²) < 4.78 is 0. The summed E-state index contributed by atoms with van der Waals surface area (Å²) in [6.45, 7) is 9.11. The third-order valence-electron chi connectivity index (χ3n) is 3.28. The molecule has 0 bridgehead atoms. The lowest BCUT2D eigenvalue weighted by Crippen LogP contribution is -2.35. The Balaban J connectivity index is 3.07. The highest BCUT2D eigenvalue weighted by atomic mass is 28.3. The minimum atomic E-state index is -1.40. The molecule has 0 aliphatic heterocycles. The Morgan fingerprint density at radius 3 is 2.35 bits per heavy atom. The van der Waals surface area contributed by atoms with Gasteiger partial charge in [-0.15, -0.1) is 0 Å². The zero-order chi connectivity index (χ0) is 13.1. The molecule has 3 heteroatoms. The molecule has 0 aliphatic carbocycles. The van der Waals surface area contributed by atoms with E-state index in [1.165, 1.54) is 11.1 Å². The zero-order valence-electron chi connectivity index (χ0n) is 11.5. The zero-order valence-corrected chi connectivity index (χ0v) is 12.5. The monoisotopic (exact) mass is 249 g/mol. The highest BCUT2D eigenvalue weighted by Gasteiger charge is 2.30. The number of rotatable bonds is 4. The molecule has 0 aromatic heterocycles. The number of nitrogens with one attached hydrogen (secondary N) is 1. The van der Waals surface area contributed by atoms with Crippen molar-refractivity contribution in [3.8, 4) is 0 Å². The van der Waals surface area contributed by atoms with Crippen LogP contribution in [-0.4, -0.2) is 21.0 Å². The molecule has 0 unspecified atom stereocenters. The molecule has 1 atom stereocenters. The van der Waals surface area contributed by atoms with Crippen LogP contribution in [0.25, 0.3) is 0 Å². The summed E-state index contributed by atoms with van der Waals surface area (Å²) in [7, 11) is 0.311. The van der Waals surface area contributed by atoms with E-state index in [1.807, 2.05) is 0 Å². The van der Waals surface area contributed by atoms with Crippen LogP contribution >= 0.6 is 0 Å². The summed E-state index contributed by atoms with van der Waals surface area (Å²) in [5.41, 5.74) is 3.03. The van der Waals surface area contributed by atoms with Crippen molar-refractivity contribution < 1.29 is 4.79 Å². The van der Waals surface area contributed by atoms with E-state index < -0.39 is 8.07 Å². The van der Waals surface area contributed by atoms with E-state index in [1.54, 1.807) is 7.05 Å². The van der Waals surface area contributed by atoms with Crippen LogP contribution in [-0.2, 0) is 4.79 Å². The fourth-order valence-electron chi connectivity index (χ4n) is 2.15. The summed E-state index contributed by atoms with van der Waals surface area (Å²) in [5.74, 6) is 0.140. The van der Waals surface area contributed by atoms with Crippen LogP contribution in [0.1, 0.15) is 23.1 Å². The molecule has 94 valence electrons. The topological polar surface area (TPSA) is 29.1 Å². The van der Waals surface area contributed by atoms with Crippen molar-refractivity contribution in [1.82, 2.24) is 5.32 Å². The van der Waals surface area contributed by atoms with Crippen molar-refractivity contribution in [3.63, 3.8) is 0 Å². The van der Waals surface area contributed by atoms with Gasteiger partial charge in [-0.05, 0) is 23.6 Å². The molecule has 1 amide bonds. The van der Waals surface area contributed by atoms with Crippen LogP contribution in [0.5, 0.6) is 0 Å². The predicted octanol–water partition coefficient (Wildman–Crippen LogP) is 3.09. The lowest BCUT2D eigenvalue weighted by molar-refractivity contribution is -0.120. The van der Waals surface area contributed by atoms with Gasteiger partial charge in [-0.2, -0.15) is 0 Å². The fourth-order valence-corrected chi connectivity index (χ4v) is 4.20. The molecule has 0 fully saturated rings. The van der Waals surface area contributed by atoms with Crippen LogP contribution in [0.15, 0.2) is 24.3 Å². The van der Waals surface area contributed by atoms with Crippen molar-refractivity contribution in [2.45, 2.75) is 38.5 Å². The Morgan fingerprint density at radius 2 is 1.88 bits per heavy atom. The molecule has 2 nitrogen and oxygen atoms in total. The third-order valence-corrected chi connectivity index (χ3v) is 5.88. The molecule has 0 aliphatic rings. The number of carbonyl (C=O) groups excluding carboxylic acids is 1. The van der Waals surface area contributed by atoms with Gasteiger partial charge in [-0.25, -0.2) is 0 Å². The van der Waals surface area contributed by atoms with Crippen molar-refractivity contribution >= 4 is 14.0 Å². The van der Waals surface area contributed by atoms with Crippen molar-refractivity contribution in [2.24, 2.45) is 0 Å². The van der Waals surface area contributed by atoms with E-state index in [9.17, 15) is 4.79 Å². The molecular weight excluding hydrogens is 226 g/mol. The van der Waals surface area contributed by atoms with Crippen LogP contribution in [0.4, 0.5) is 0 Å². The highest BCUT2D eigenvalue weighted by molar-refractivity contribution is 6.77. The minimum Gasteiger partial charge on any atom is -0.359 e. The number of hydrogen-bond acceptors (Lipinski definition) is 1. The molecule has 0 radical (unpaired) electrons. The van der Waals surface area contributed by atoms with Gasteiger partial charge in [0, 0.05) is 13.5 Å². The Hall–Kier alpha value is -1.09. The van der Waals surface area contributed by atoms with E-state index in [-0.39, 0.29) is 5.91 Å². The van der Waals surface area contributed by atoms with Crippen molar-refractivity contribution in [2.75, 3.05) is 7.05 Å². The van der Waals surface area contributed by atoms with Crippen LogP contribution < -0.4 is 5.32 Å². The van der Waals surface area contributed by atoms with Gasteiger partial charge in [0.2, 0.25) is 5.91 Å². The first-order valence-electron chi connectivity index (χ1n) is 6.12. The number of amides is 1. The summed E-state index contributed by atoms with van der Waals surface area (Å²) in [4.78, 5) is 11.7. The van der Waals surface area contributed by atoms with E-state index in [0.29, 0.717) is 12.0 Å². The first-order chi connectivity index (χ1) is 7.86. The van der Waals surface area contributed by atoms with E-state index in [2.05, 4.69) is 56.1 Å². The maximum atomic E-state index is 11.7. The number of benzene rings is 1. The largest absolute Gasteiger partial charge is 0.359 e. The molecule has 0 heterocycles. The Bertz CT molecular complexity index is 395. The molecule has 0 spiro atoms. The van der Waals surface area contributed by atoms with Crippen LogP contribution in [0.3, 0.4) is 0 Å². The highest BCUT2D eigenvalue weighted by Crippen LogP contribution is 2.32. The van der Waals surface area contributed by atoms with E-state index >= 15 is 0 Å². The number of carbonyl (C=O) groups is 1. The van der Waals surface area contributed by atoms with Gasteiger partial charge in [0.25, 0.3) is 0 Å². The fraction of sp³-hybridized carbons (Fsp3) is 0.500. The quantitative estimate of drug-likeness (QED) is 0.816. The molecule has 1 N–H and O–H groups in total. The first-order valence-corrected chi connectivity index (χ1v) is 9.70. The standard InChI is InChI=1S/C14H23NOSi/c1-11-8-6-7-9-12(11)13(17(3,4)5)10-14(16)15-2/h6-9,13H,10H2,1-5H3,(H,15,16)/t13-/m1/s1. The molecule has 1 rings (SSSR count). The molecule has 0 saturated carbocycles. The lowest BCUT2D eigenvalue weighted by Gasteiger charge is -2.30. The van der Waals surface area contributed by atoms with Crippen molar-refractivity contribution in [1.29, 1.82) is 0 Å². The van der Waals surface area contributed by atoms with Gasteiger partial charge in [-0.3, -0.25) is 4.79 Å². The normalized spacial score (nSPS) is 13.2. The molecule has 1 aromatic carbocycles. The van der Waals surface area contributed by atoms with Gasteiger partial charge in [0.15, 0.2) is 0 Å².